The van der Waals surface area contributed by atoms with E-state index in [0.717, 1.165) is 0 Å². The van der Waals surface area contributed by atoms with Crippen LogP contribution in [0.25, 0.3) is 10.8 Å². The molecule has 20 heavy (non-hydrogen) atoms. The first kappa shape index (κ1) is 12.9. The Morgan fingerprint density at radius 1 is 1.20 bits per heavy atom. The Morgan fingerprint density at radius 2 is 1.95 bits per heavy atom. The lowest BCUT2D eigenvalue weighted by atomic mass is 10.1. The van der Waals surface area contributed by atoms with Gasteiger partial charge in [0.2, 0.25) is 5.91 Å². The molecule has 3 rings (SSSR count). The molecule has 0 bridgehead atoms. The molecule has 0 radical (unpaired) electrons. The third kappa shape index (κ3) is 1.92. The molecule has 1 aliphatic heterocycles. The number of H-pyrrole nitrogens is 2. The van der Waals surface area contributed by atoms with Crippen LogP contribution in [0.5, 0.6) is 0 Å². The zero-order chi connectivity index (χ0) is 14.3. The lowest BCUT2D eigenvalue weighted by Crippen LogP contribution is -2.28. The SMILES string of the molecule is O=C1CC(CCl)CN1c1cccc2c(=O)[nH][nH]c(=O)c12. The first-order valence-corrected chi connectivity index (χ1v) is 6.75. The highest BCUT2D eigenvalue weighted by atomic mass is 35.5. The summed E-state index contributed by atoms with van der Waals surface area (Å²) in [5.74, 6) is 0.382. The van der Waals surface area contributed by atoms with Gasteiger partial charge in [-0.3, -0.25) is 24.6 Å². The highest BCUT2D eigenvalue weighted by molar-refractivity contribution is 6.18. The van der Waals surface area contributed by atoms with Gasteiger partial charge in [0.1, 0.15) is 0 Å². The fourth-order valence-electron chi connectivity index (χ4n) is 2.55. The molecule has 7 heteroatoms. The van der Waals surface area contributed by atoms with E-state index in [1.54, 1.807) is 18.2 Å². The molecule has 1 fully saturated rings. The summed E-state index contributed by atoms with van der Waals surface area (Å²) in [7, 11) is 0. The van der Waals surface area contributed by atoms with E-state index in [0.29, 0.717) is 24.5 Å². The van der Waals surface area contributed by atoms with Gasteiger partial charge in [-0.1, -0.05) is 6.07 Å². The Balaban J connectivity index is 2.23. The second-order valence-corrected chi connectivity index (χ2v) is 5.15. The lowest BCUT2D eigenvalue weighted by Gasteiger charge is -2.17. The Hall–Kier alpha value is -2.08. The number of aromatic amines is 2. The molecule has 2 N–H and O–H groups in total. The van der Waals surface area contributed by atoms with Gasteiger partial charge < -0.3 is 4.90 Å². The van der Waals surface area contributed by atoms with Crippen LogP contribution in [0.3, 0.4) is 0 Å². The van der Waals surface area contributed by atoms with Gasteiger partial charge in [0.05, 0.1) is 16.5 Å². The number of fused-ring (bicyclic) bond motifs is 1. The summed E-state index contributed by atoms with van der Waals surface area (Å²) in [4.78, 5) is 37.3. The number of hydrogen-bond donors (Lipinski definition) is 2. The molecule has 1 atom stereocenters. The maximum atomic E-state index is 12.1. The van der Waals surface area contributed by atoms with E-state index in [4.69, 9.17) is 11.6 Å². The van der Waals surface area contributed by atoms with Gasteiger partial charge in [-0.25, -0.2) is 0 Å². The van der Waals surface area contributed by atoms with Crippen molar-refractivity contribution in [1.29, 1.82) is 0 Å². The predicted octanol–water partition coefficient (Wildman–Crippen LogP) is 0.808. The number of nitrogens with zero attached hydrogens (tertiary/aromatic N) is 1. The number of halogens is 1. The number of nitrogens with one attached hydrogen (secondary N) is 2. The van der Waals surface area contributed by atoms with Crippen LogP contribution in [0.2, 0.25) is 0 Å². The Bertz CT molecular complexity index is 795. The number of aromatic nitrogens is 2. The van der Waals surface area contributed by atoms with Crippen molar-refractivity contribution in [1.82, 2.24) is 10.2 Å². The van der Waals surface area contributed by atoms with Gasteiger partial charge in [-0.05, 0) is 18.1 Å². The van der Waals surface area contributed by atoms with Crippen molar-refractivity contribution < 1.29 is 4.79 Å². The van der Waals surface area contributed by atoms with Crippen LogP contribution in [0, 0.1) is 5.92 Å². The van der Waals surface area contributed by atoms with Crippen LogP contribution in [-0.2, 0) is 4.79 Å². The highest BCUT2D eigenvalue weighted by Gasteiger charge is 2.31. The molecule has 2 heterocycles. The molecular weight excluding hydrogens is 282 g/mol. The first-order valence-electron chi connectivity index (χ1n) is 6.22. The van der Waals surface area contributed by atoms with Gasteiger partial charge in [0, 0.05) is 18.8 Å². The average Bonchev–Trinajstić information content (AvgIpc) is 2.83. The van der Waals surface area contributed by atoms with Gasteiger partial charge >= 0.3 is 0 Å². The molecule has 0 spiro atoms. The third-order valence-corrected chi connectivity index (χ3v) is 3.95. The monoisotopic (exact) mass is 293 g/mol. The fourth-order valence-corrected chi connectivity index (χ4v) is 2.76. The topological polar surface area (TPSA) is 86.0 Å². The van der Waals surface area contributed by atoms with Crippen LogP contribution in [0.15, 0.2) is 27.8 Å². The van der Waals surface area contributed by atoms with E-state index in [9.17, 15) is 14.4 Å². The number of rotatable bonds is 2. The first-order chi connectivity index (χ1) is 9.61. The second kappa shape index (κ2) is 4.79. The number of hydrogen-bond acceptors (Lipinski definition) is 3. The molecule has 1 amide bonds. The van der Waals surface area contributed by atoms with Gasteiger partial charge in [-0.2, -0.15) is 0 Å². The Kier molecular flexibility index (Phi) is 3.10. The molecule has 104 valence electrons. The highest BCUT2D eigenvalue weighted by Crippen LogP contribution is 2.29. The molecule has 2 aromatic rings. The lowest BCUT2D eigenvalue weighted by molar-refractivity contribution is -0.117. The maximum absolute atomic E-state index is 12.1. The second-order valence-electron chi connectivity index (χ2n) is 4.84. The minimum Gasteiger partial charge on any atom is -0.311 e. The minimum absolute atomic E-state index is 0.0699. The number of anilines is 1. The number of carbonyl (C=O) groups excluding carboxylic acids is 1. The summed E-state index contributed by atoms with van der Waals surface area (Å²) < 4.78 is 0. The van der Waals surface area contributed by atoms with Crippen molar-refractivity contribution in [2.75, 3.05) is 17.3 Å². The summed E-state index contributed by atoms with van der Waals surface area (Å²) in [6.07, 6.45) is 0.362. The van der Waals surface area contributed by atoms with Crippen molar-refractivity contribution >= 4 is 34.0 Å². The van der Waals surface area contributed by atoms with E-state index < -0.39 is 5.56 Å². The zero-order valence-electron chi connectivity index (χ0n) is 10.5. The molecule has 1 saturated heterocycles. The number of carbonyl (C=O) groups is 1. The van der Waals surface area contributed by atoms with Crippen molar-refractivity contribution in [2.24, 2.45) is 5.92 Å². The zero-order valence-corrected chi connectivity index (χ0v) is 11.2. The van der Waals surface area contributed by atoms with Crippen molar-refractivity contribution in [3.8, 4) is 0 Å². The molecule has 1 aromatic heterocycles. The van der Waals surface area contributed by atoms with Crippen molar-refractivity contribution in [2.45, 2.75) is 6.42 Å². The van der Waals surface area contributed by atoms with E-state index in [1.165, 1.54) is 4.90 Å². The summed E-state index contributed by atoms with van der Waals surface area (Å²) in [5, 5.41) is 5.07. The van der Waals surface area contributed by atoms with Crippen LogP contribution in [-0.4, -0.2) is 28.5 Å². The van der Waals surface area contributed by atoms with E-state index in [1.807, 2.05) is 0 Å². The van der Waals surface area contributed by atoms with Gasteiger partial charge in [0.25, 0.3) is 11.1 Å². The molecule has 1 unspecified atom stereocenters. The van der Waals surface area contributed by atoms with E-state index in [2.05, 4.69) is 10.2 Å². The van der Waals surface area contributed by atoms with Crippen LogP contribution < -0.4 is 16.0 Å². The molecule has 0 saturated carbocycles. The Labute approximate surface area is 118 Å². The number of alkyl halides is 1. The van der Waals surface area contributed by atoms with Crippen LogP contribution >= 0.6 is 11.6 Å². The van der Waals surface area contributed by atoms with Gasteiger partial charge in [-0.15, -0.1) is 11.6 Å². The van der Waals surface area contributed by atoms with Crippen LogP contribution in [0.1, 0.15) is 6.42 Å². The quantitative estimate of drug-likeness (QED) is 0.803. The summed E-state index contributed by atoms with van der Waals surface area (Å²) in [5.41, 5.74) is -0.341. The molecular formula is C13H12ClN3O3. The molecule has 6 nitrogen and oxygen atoms in total. The normalized spacial score (nSPS) is 18.9. The van der Waals surface area contributed by atoms with Crippen molar-refractivity contribution in [3.63, 3.8) is 0 Å². The fraction of sp³-hybridized carbons (Fsp3) is 0.308. The number of benzene rings is 1. The predicted molar refractivity (Wildman–Crippen MR) is 76.4 cm³/mol. The van der Waals surface area contributed by atoms with Gasteiger partial charge in [0.15, 0.2) is 0 Å². The smallest absolute Gasteiger partial charge is 0.272 e. The minimum atomic E-state index is -0.419. The standard InChI is InChI=1S/C13H12ClN3O3/c14-5-7-4-10(18)17(6-7)9-3-1-2-8-11(9)13(20)16-15-12(8)19/h1-3,7H,4-6H2,(H,15,19)(H,16,20). The van der Waals surface area contributed by atoms with Crippen LogP contribution in [0.4, 0.5) is 5.69 Å². The third-order valence-electron chi connectivity index (χ3n) is 3.52. The van der Waals surface area contributed by atoms with Crippen molar-refractivity contribution in [3.05, 3.63) is 38.9 Å². The summed E-state index contributed by atoms with van der Waals surface area (Å²) >= 11 is 5.80. The molecule has 1 aromatic carbocycles. The molecule has 0 aliphatic carbocycles. The average molecular weight is 294 g/mol. The summed E-state index contributed by atoms with van der Waals surface area (Å²) in [6, 6.07) is 4.89. The van der Waals surface area contributed by atoms with E-state index >= 15 is 0 Å². The maximum Gasteiger partial charge on any atom is 0.272 e. The Morgan fingerprint density at radius 3 is 2.65 bits per heavy atom. The number of amides is 1. The largest absolute Gasteiger partial charge is 0.311 e. The summed E-state index contributed by atoms with van der Waals surface area (Å²) in [6.45, 7) is 0.466. The van der Waals surface area contributed by atoms with E-state index in [-0.39, 0.29) is 28.2 Å². The molecule has 1 aliphatic rings.